The molecule has 0 saturated carbocycles. The maximum atomic E-state index is 11.8. The second kappa shape index (κ2) is 7.33. The molecule has 0 heterocycles. The van der Waals surface area contributed by atoms with Gasteiger partial charge >= 0.3 is 6.18 Å². The number of halogens is 5. The molecular weight excluding hydrogens is 334 g/mol. The van der Waals surface area contributed by atoms with Crippen LogP contribution in [0.2, 0.25) is 5.02 Å². The highest BCUT2D eigenvalue weighted by molar-refractivity contribution is 9.10. The molecule has 1 rings (SSSR count). The molecule has 0 aliphatic rings. The van der Waals surface area contributed by atoms with Gasteiger partial charge in [0.2, 0.25) is 0 Å². The first-order valence-corrected chi connectivity index (χ1v) is 6.35. The average molecular weight is 347 g/mol. The van der Waals surface area contributed by atoms with Gasteiger partial charge in [-0.15, -0.1) is 0 Å². The molecule has 1 aromatic carbocycles. The van der Waals surface area contributed by atoms with Crippen LogP contribution in [-0.4, -0.2) is 25.9 Å². The van der Waals surface area contributed by atoms with Gasteiger partial charge in [-0.2, -0.15) is 13.2 Å². The Hall–Kier alpha value is -0.300. The van der Waals surface area contributed by atoms with E-state index in [9.17, 15) is 13.2 Å². The second-order valence-corrected chi connectivity index (χ2v) is 4.87. The molecule has 0 bridgehead atoms. The summed E-state index contributed by atoms with van der Waals surface area (Å²) >= 11 is 9.14. The molecule has 2 nitrogen and oxygen atoms in total. The highest BCUT2D eigenvalue weighted by Gasteiger charge is 2.27. The summed E-state index contributed by atoms with van der Waals surface area (Å²) in [5, 5.41) is 3.61. The van der Waals surface area contributed by atoms with Gasteiger partial charge < -0.3 is 10.1 Å². The van der Waals surface area contributed by atoms with Crippen LogP contribution in [0.4, 0.5) is 13.2 Å². The summed E-state index contributed by atoms with van der Waals surface area (Å²) in [5.41, 5.74) is 0.982. The van der Waals surface area contributed by atoms with Gasteiger partial charge in [-0.1, -0.05) is 33.6 Å². The van der Waals surface area contributed by atoms with Gasteiger partial charge in [-0.25, -0.2) is 0 Å². The van der Waals surface area contributed by atoms with Crippen molar-refractivity contribution in [3.8, 4) is 0 Å². The van der Waals surface area contributed by atoms with Crippen LogP contribution in [0.3, 0.4) is 0 Å². The average Bonchev–Trinajstić information content (AvgIpc) is 2.24. The minimum Gasteiger partial charge on any atom is -0.371 e. The first-order chi connectivity index (χ1) is 8.38. The molecule has 0 aromatic heterocycles. The van der Waals surface area contributed by atoms with Gasteiger partial charge in [0.25, 0.3) is 0 Å². The highest BCUT2D eigenvalue weighted by atomic mass is 79.9. The smallest absolute Gasteiger partial charge is 0.371 e. The molecule has 0 spiro atoms. The number of hydrogen-bond donors (Lipinski definition) is 1. The summed E-state index contributed by atoms with van der Waals surface area (Å²) in [7, 11) is 0. The Morgan fingerprint density at radius 1 is 1.33 bits per heavy atom. The van der Waals surface area contributed by atoms with Crippen molar-refractivity contribution in [2.45, 2.75) is 12.7 Å². The fourth-order valence-electron chi connectivity index (χ4n) is 1.22. The van der Waals surface area contributed by atoms with Crippen LogP contribution < -0.4 is 5.32 Å². The van der Waals surface area contributed by atoms with Crippen molar-refractivity contribution < 1.29 is 17.9 Å². The van der Waals surface area contributed by atoms with Crippen LogP contribution in [-0.2, 0) is 11.3 Å². The summed E-state index contributed by atoms with van der Waals surface area (Å²) in [6.45, 7) is -0.303. The molecule has 102 valence electrons. The summed E-state index contributed by atoms with van der Waals surface area (Å²) in [6.07, 6.45) is -4.26. The van der Waals surface area contributed by atoms with Crippen molar-refractivity contribution >= 4 is 27.5 Å². The van der Waals surface area contributed by atoms with Gasteiger partial charge in [-0.3, -0.25) is 0 Å². The lowest BCUT2D eigenvalue weighted by atomic mass is 10.2. The summed E-state index contributed by atoms with van der Waals surface area (Å²) in [6, 6.07) is 5.36. The number of rotatable bonds is 6. The molecule has 7 heteroatoms. The first kappa shape index (κ1) is 15.8. The molecule has 0 fully saturated rings. The third kappa shape index (κ3) is 6.58. The van der Waals surface area contributed by atoms with Crippen LogP contribution in [0.25, 0.3) is 0 Å². The Labute approximate surface area is 117 Å². The van der Waals surface area contributed by atoms with Gasteiger partial charge in [0.05, 0.1) is 6.61 Å². The van der Waals surface area contributed by atoms with Crippen molar-refractivity contribution in [3.05, 3.63) is 33.3 Å². The Morgan fingerprint density at radius 2 is 2.06 bits per heavy atom. The molecule has 0 atom stereocenters. The maximum Gasteiger partial charge on any atom is 0.411 e. The molecular formula is C11H12BrClF3NO. The Kier molecular flexibility index (Phi) is 6.42. The number of benzene rings is 1. The van der Waals surface area contributed by atoms with E-state index >= 15 is 0 Å². The van der Waals surface area contributed by atoms with Crippen molar-refractivity contribution in [1.82, 2.24) is 5.32 Å². The summed E-state index contributed by atoms with van der Waals surface area (Å²) < 4.78 is 40.6. The van der Waals surface area contributed by atoms with Gasteiger partial charge in [0.1, 0.15) is 6.61 Å². The van der Waals surface area contributed by atoms with Gasteiger partial charge in [-0.05, 0) is 17.7 Å². The molecule has 0 amide bonds. The normalized spacial score (nSPS) is 11.8. The van der Waals surface area contributed by atoms with Crippen LogP contribution in [0.15, 0.2) is 22.7 Å². The standard InChI is InChI=1S/C11H12BrClF3NO/c12-10-5-9(13)2-1-8(10)6-17-3-4-18-7-11(14,15)16/h1-2,5,17H,3-4,6-7H2. The molecule has 18 heavy (non-hydrogen) atoms. The van der Waals surface area contributed by atoms with Crippen molar-refractivity contribution in [1.29, 1.82) is 0 Å². The minimum atomic E-state index is -4.26. The molecule has 0 unspecified atom stereocenters. The van der Waals surface area contributed by atoms with E-state index in [0.29, 0.717) is 18.1 Å². The third-order valence-electron chi connectivity index (χ3n) is 2.02. The zero-order valence-electron chi connectivity index (χ0n) is 9.36. The van der Waals surface area contributed by atoms with Crippen molar-refractivity contribution in [3.63, 3.8) is 0 Å². The molecule has 0 aliphatic carbocycles. The summed E-state index contributed by atoms with van der Waals surface area (Å²) in [5.74, 6) is 0. The molecule has 0 radical (unpaired) electrons. The van der Waals surface area contributed by atoms with E-state index in [0.717, 1.165) is 10.0 Å². The lowest BCUT2D eigenvalue weighted by Crippen LogP contribution is -2.23. The number of alkyl halides is 3. The van der Waals surface area contributed by atoms with Crippen LogP contribution >= 0.6 is 27.5 Å². The van der Waals surface area contributed by atoms with E-state index < -0.39 is 12.8 Å². The molecule has 1 aromatic rings. The Morgan fingerprint density at radius 3 is 2.67 bits per heavy atom. The molecule has 0 aliphatic heterocycles. The largest absolute Gasteiger partial charge is 0.411 e. The molecule has 0 saturated heterocycles. The van der Waals surface area contributed by atoms with E-state index in [1.807, 2.05) is 6.07 Å². The highest BCUT2D eigenvalue weighted by Crippen LogP contribution is 2.21. The fraction of sp³-hybridized carbons (Fsp3) is 0.455. The zero-order valence-corrected chi connectivity index (χ0v) is 11.7. The number of nitrogens with one attached hydrogen (secondary N) is 1. The number of hydrogen-bond acceptors (Lipinski definition) is 2. The van der Waals surface area contributed by atoms with E-state index in [1.54, 1.807) is 12.1 Å². The Bertz CT molecular complexity index is 387. The lowest BCUT2D eigenvalue weighted by molar-refractivity contribution is -0.173. The van der Waals surface area contributed by atoms with Crippen LogP contribution in [0.5, 0.6) is 0 Å². The number of ether oxygens (including phenoxy) is 1. The van der Waals surface area contributed by atoms with Gasteiger partial charge in [0, 0.05) is 22.6 Å². The minimum absolute atomic E-state index is 0.0186. The van der Waals surface area contributed by atoms with Crippen molar-refractivity contribution in [2.75, 3.05) is 19.8 Å². The topological polar surface area (TPSA) is 21.3 Å². The lowest BCUT2D eigenvalue weighted by Gasteiger charge is -2.09. The SMILES string of the molecule is FC(F)(F)COCCNCc1ccc(Cl)cc1Br. The monoisotopic (exact) mass is 345 g/mol. The van der Waals surface area contributed by atoms with E-state index in [2.05, 4.69) is 26.0 Å². The maximum absolute atomic E-state index is 11.8. The van der Waals surface area contributed by atoms with E-state index in [1.165, 1.54) is 0 Å². The Balaban J connectivity index is 2.18. The summed E-state index contributed by atoms with van der Waals surface area (Å²) in [4.78, 5) is 0. The van der Waals surface area contributed by atoms with Crippen LogP contribution in [0, 0.1) is 0 Å². The second-order valence-electron chi connectivity index (χ2n) is 3.58. The van der Waals surface area contributed by atoms with E-state index in [4.69, 9.17) is 11.6 Å². The van der Waals surface area contributed by atoms with Crippen molar-refractivity contribution in [2.24, 2.45) is 0 Å². The predicted molar refractivity (Wildman–Crippen MR) is 67.7 cm³/mol. The fourth-order valence-corrected chi connectivity index (χ4v) is 2.04. The van der Waals surface area contributed by atoms with Gasteiger partial charge in [0.15, 0.2) is 0 Å². The quantitative estimate of drug-likeness (QED) is 0.792. The first-order valence-electron chi connectivity index (χ1n) is 5.17. The molecule has 1 N–H and O–H groups in total. The zero-order chi connectivity index (χ0) is 13.6. The van der Waals surface area contributed by atoms with Crippen LogP contribution in [0.1, 0.15) is 5.56 Å². The predicted octanol–water partition coefficient (Wildman–Crippen LogP) is 3.77. The van der Waals surface area contributed by atoms with E-state index in [-0.39, 0.29) is 6.61 Å². The third-order valence-corrected chi connectivity index (χ3v) is 2.99.